The molecule has 54 heavy (non-hydrogen) atoms. The van der Waals surface area contributed by atoms with E-state index in [1.54, 1.807) is 0 Å². The summed E-state index contributed by atoms with van der Waals surface area (Å²) in [7, 11) is -1.44. The van der Waals surface area contributed by atoms with Gasteiger partial charge in [-0.2, -0.15) is 0 Å². The van der Waals surface area contributed by atoms with E-state index in [-0.39, 0.29) is 0 Å². The van der Waals surface area contributed by atoms with E-state index in [4.69, 9.17) is 0 Å². The average molecular weight is 707 g/mol. The molecule has 2 spiro atoms. The van der Waals surface area contributed by atoms with E-state index in [0.717, 1.165) is 9.79 Å². The van der Waals surface area contributed by atoms with Crippen molar-refractivity contribution in [1.29, 1.82) is 0 Å². The normalized spacial score (nSPS) is 19.1. The first-order valence-corrected chi connectivity index (χ1v) is 20.0. The van der Waals surface area contributed by atoms with Gasteiger partial charge in [0.2, 0.25) is 0 Å². The molecule has 0 N–H and O–H groups in total. The van der Waals surface area contributed by atoms with Crippen LogP contribution in [0.3, 0.4) is 0 Å². The highest BCUT2D eigenvalue weighted by Gasteiger charge is 2.53. The second kappa shape index (κ2) is 10.5. The molecule has 1 nitrogen and oxygen atoms in total. The summed E-state index contributed by atoms with van der Waals surface area (Å²) < 4.78 is 15.2. The minimum absolute atomic E-state index is 0.483. The van der Waals surface area contributed by atoms with E-state index in [1.165, 1.54) is 100 Å². The molecule has 0 amide bonds. The fourth-order valence-electron chi connectivity index (χ4n) is 10.8. The monoisotopic (exact) mass is 706 g/mol. The highest BCUT2D eigenvalue weighted by molar-refractivity contribution is 7.85. The first kappa shape index (κ1) is 30.4. The summed E-state index contributed by atoms with van der Waals surface area (Å²) >= 11 is 0. The molecule has 2 atom stereocenters. The van der Waals surface area contributed by atoms with Gasteiger partial charge in [-0.25, -0.2) is 4.21 Å². The maximum atomic E-state index is 15.2. The first-order chi connectivity index (χ1) is 26.5. The molecule has 2 unspecified atom stereocenters. The third-order valence-corrected chi connectivity index (χ3v) is 14.2. The fraction of sp³-hybridized carbons (Fsp3) is 0.0769. The lowest BCUT2D eigenvalue weighted by Gasteiger charge is -2.31. The van der Waals surface area contributed by atoms with Crippen molar-refractivity contribution in [3.63, 3.8) is 0 Å². The Balaban J connectivity index is 1.08. The summed E-state index contributed by atoms with van der Waals surface area (Å²) in [6, 6.07) is 62.5. The van der Waals surface area contributed by atoms with E-state index in [1.807, 2.05) is 0 Å². The Bertz CT molecular complexity index is 2780. The fourth-order valence-corrected chi connectivity index (χ4v) is 11.9. The van der Waals surface area contributed by atoms with Gasteiger partial charge in [0.05, 0.1) is 21.6 Å². The van der Waals surface area contributed by atoms with Crippen LogP contribution >= 0.6 is 0 Å². The van der Waals surface area contributed by atoms with Gasteiger partial charge in [0.15, 0.2) is 0 Å². The van der Waals surface area contributed by atoms with Crippen LogP contribution in [0.4, 0.5) is 0 Å². The minimum atomic E-state index is -1.44. The predicted octanol–water partition coefficient (Wildman–Crippen LogP) is 12.2. The number of hydrogen-bond donors (Lipinski definition) is 0. The van der Waals surface area contributed by atoms with Gasteiger partial charge in [0, 0.05) is 9.79 Å². The van der Waals surface area contributed by atoms with Crippen LogP contribution in [0.5, 0.6) is 0 Å². The van der Waals surface area contributed by atoms with Gasteiger partial charge >= 0.3 is 0 Å². The van der Waals surface area contributed by atoms with Gasteiger partial charge in [0.1, 0.15) is 0 Å². The largest absolute Gasteiger partial charge is 0.249 e. The predicted molar refractivity (Wildman–Crippen MR) is 220 cm³/mol. The van der Waals surface area contributed by atoms with Crippen LogP contribution in [0.25, 0.3) is 44.5 Å². The second-order valence-corrected chi connectivity index (χ2v) is 16.9. The molecular weight excluding hydrogens is 673 g/mol. The molecule has 0 saturated heterocycles. The minimum Gasteiger partial charge on any atom is -0.249 e. The van der Waals surface area contributed by atoms with Gasteiger partial charge in [-0.05, 0) is 127 Å². The number of benzene rings is 8. The summed E-state index contributed by atoms with van der Waals surface area (Å²) in [6.07, 6.45) is 0. The standard InChI is InChI=1S/C52H34OS/c1-31-19-23-39-35-11-3-7-15-43(35)51(47(39)27-31)45-17-9-5-13-37(45)41-25-21-33(29-49(41)51)54(53)34-22-26-42-38-14-6-10-18-46(38)52(50(42)30-34)44-16-8-4-12-36(44)40-24-20-32(2)28-48(40)52/h3-30H,1-2H3. The molecule has 0 saturated carbocycles. The van der Waals surface area contributed by atoms with Crippen molar-refractivity contribution in [2.75, 3.05) is 0 Å². The highest BCUT2D eigenvalue weighted by Crippen LogP contribution is 2.65. The molecular formula is C52H34OS. The first-order valence-electron chi connectivity index (χ1n) is 18.8. The van der Waals surface area contributed by atoms with E-state index < -0.39 is 21.6 Å². The van der Waals surface area contributed by atoms with Crippen LogP contribution in [0.15, 0.2) is 180 Å². The average Bonchev–Trinajstić information content (AvgIpc) is 3.88. The van der Waals surface area contributed by atoms with Gasteiger partial charge < -0.3 is 0 Å². The van der Waals surface area contributed by atoms with Crippen LogP contribution in [0, 0.1) is 13.8 Å². The molecule has 0 aliphatic heterocycles. The lowest BCUT2D eigenvalue weighted by atomic mass is 9.70. The number of aryl methyl sites for hydroxylation is 2. The molecule has 4 aliphatic rings. The van der Waals surface area contributed by atoms with Gasteiger partial charge in [0.25, 0.3) is 0 Å². The maximum absolute atomic E-state index is 15.2. The zero-order valence-corrected chi connectivity index (χ0v) is 30.8. The van der Waals surface area contributed by atoms with Crippen molar-refractivity contribution in [3.05, 3.63) is 225 Å². The summed E-state index contributed by atoms with van der Waals surface area (Å²) in [4.78, 5) is 1.65. The van der Waals surface area contributed by atoms with Crippen molar-refractivity contribution in [1.82, 2.24) is 0 Å². The zero-order valence-electron chi connectivity index (χ0n) is 30.0. The van der Waals surface area contributed by atoms with Crippen LogP contribution in [-0.4, -0.2) is 4.21 Å². The molecule has 4 aliphatic carbocycles. The quantitative estimate of drug-likeness (QED) is 0.175. The molecule has 0 fully saturated rings. The van der Waals surface area contributed by atoms with Crippen molar-refractivity contribution < 1.29 is 4.21 Å². The lowest BCUT2D eigenvalue weighted by molar-refractivity contribution is 0.682. The second-order valence-electron chi connectivity index (χ2n) is 15.5. The van der Waals surface area contributed by atoms with Gasteiger partial charge in [-0.15, -0.1) is 0 Å². The Hall–Kier alpha value is -6.09. The van der Waals surface area contributed by atoms with Crippen LogP contribution in [0.1, 0.15) is 55.6 Å². The smallest absolute Gasteiger partial charge is 0.0849 e. The van der Waals surface area contributed by atoms with E-state index >= 15 is 4.21 Å². The third-order valence-electron chi connectivity index (χ3n) is 12.9. The summed E-state index contributed by atoms with van der Waals surface area (Å²) in [6.45, 7) is 4.37. The summed E-state index contributed by atoms with van der Waals surface area (Å²) in [5, 5.41) is 0. The zero-order chi connectivity index (χ0) is 35.9. The number of fused-ring (bicyclic) bond motifs is 20. The molecule has 0 radical (unpaired) electrons. The Morgan fingerprint density at radius 2 is 0.593 bits per heavy atom. The van der Waals surface area contributed by atoms with Crippen molar-refractivity contribution in [3.8, 4) is 44.5 Å². The molecule has 0 heterocycles. The van der Waals surface area contributed by atoms with Gasteiger partial charge in [-0.3, -0.25) is 0 Å². The Morgan fingerprint density at radius 3 is 0.944 bits per heavy atom. The molecule has 8 aromatic carbocycles. The number of rotatable bonds is 2. The molecule has 0 aromatic heterocycles. The Morgan fingerprint density at radius 1 is 0.315 bits per heavy atom. The Labute approximate surface area is 318 Å². The lowest BCUT2D eigenvalue weighted by Crippen LogP contribution is -2.26. The van der Waals surface area contributed by atoms with Crippen molar-refractivity contribution >= 4 is 10.8 Å². The molecule has 12 rings (SSSR count). The van der Waals surface area contributed by atoms with Gasteiger partial charge in [-0.1, -0.05) is 157 Å². The Kier molecular flexibility index (Phi) is 5.92. The van der Waals surface area contributed by atoms with Crippen LogP contribution in [-0.2, 0) is 21.6 Å². The highest BCUT2D eigenvalue weighted by atomic mass is 32.2. The van der Waals surface area contributed by atoms with E-state index in [2.05, 4.69) is 184 Å². The SMILES string of the molecule is Cc1ccc2c(c1)C1(c3ccccc3-2)c2ccccc2-c2ccc(S(=O)c3ccc4c(c3)C3(c5ccccc5-c5ccc(C)cc53)c3ccccc3-4)cc21. The molecule has 2 heteroatoms. The summed E-state index contributed by atoms with van der Waals surface area (Å²) in [5.41, 5.74) is 21.8. The maximum Gasteiger partial charge on any atom is 0.0849 e. The molecule has 254 valence electrons. The third kappa shape index (κ3) is 3.53. The molecule has 8 aromatic rings. The van der Waals surface area contributed by atoms with E-state index in [9.17, 15) is 0 Å². The topological polar surface area (TPSA) is 17.1 Å². The number of hydrogen-bond acceptors (Lipinski definition) is 1. The van der Waals surface area contributed by atoms with E-state index in [0.29, 0.717) is 0 Å². The van der Waals surface area contributed by atoms with Crippen molar-refractivity contribution in [2.45, 2.75) is 34.5 Å². The van der Waals surface area contributed by atoms with Crippen LogP contribution in [0.2, 0.25) is 0 Å². The summed E-state index contributed by atoms with van der Waals surface area (Å²) in [5.74, 6) is 0. The molecule has 0 bridgehead atoms. The van der Waals surface area contributed by atoms with Crippen molar-refractivity contribution in [2.24, 2.45) is 0 Å². The van der Waals surface area contributed by atoms with Crippen LogP contribution < -0.4 is 0 Å².